The fraction of sp³-hybridized carbons (Fsp3) is 1.00. The van der Waals surface area contributed by atoms with E-state index < -0.39 is 0 Å². The van der Waals surface area contributed by atoms with Crippen LogP contribution in [0.1, 0.15) is 82.6 Å². The molecule has 26 heavy (non-hydrogen) atoms. The molecular formula is C21H46CoN4-4. The molecule has 0 aliphatic rings. The van der Waals surface area contributed by atoms with Crippen molar-refractivity contribution in [1.82, 2.24) is 0 Å². The van der Waals surface area contributed by atoms with Gasteiger partial charge in [-0.05, 0) is 0 Å². The van der Waals surface area contributed by atoms with Crippen LogP contribution in [0.2, 0.25) is 0 Å². The smallest absolute Gasteiger partial charge is 0 e. The Hall–Kier alpha value is 0.346. The molecule has 0 saturated heterocycles. The van der Waals surface area contributed by atoms with Crippen LogP contribution in [-0.4, -0.2) is 43.4 Å². The molecule has 1 radical (unpaired) electrons. The minimum Gasteiger partial charge on any atom is -0.676 e. The Balaban J connectivity index is -0.000000422. The first-order valence-corrected chi connectivity index (χ1v) is 10.2. The molecule has 0 fully saturated rings. The molecule has 5 heteroatoms. The van der Waals surface area contributed by atoms with E-state index in [1.807, 2.05) is 6.92 Å². The summed E-state index contributed by atoms with van der Waals surface area (Å²) < 4.78 is 0. The van der Waals surface area contributed by atoms with Gasteiger partial charge >= 0.3 is 0 Å². The summed E-state index contributed by atoms with van der Waals surface area (Å²) in [5.41, 5.74) is 0. The van der Waals surface area contributed by atoms with E-state index in [0.717, 1.165) is 19.5 Å². The molecule has 2 atom stereocenters. The molecule has 0 rings (SSSR count). The van der Waals surface area contributed by atoms with Crippen LogP contribution in [0.4, 0.5) is 0 Å². The molecule has 0 aliphatic heterocycles. The van der Waals surface area contributed by atoms with Crippen molar-refractivity contribution in [3.8, 4) is 0 Å². The molecule has 0 aromatic carbocycles. The van der Waals surface area contributed by atoms with E-state index in [1.165, 1.54) is 0 Å². The van der Waals surface area contributed by atoms with Gasteiger partial charge in [-0.25, -0.2) is 6.17 Å². The summed E-state index contributed by atoms with van der Waals surface area (Å²) in [7, 11) is 0. The van der Waals surface area contributed by atoms with Crippen molar-refractivity contribution in [1.29, 1.82) is 0 Å². The second kappa shape index (κ2) is 18.7. The summed E-state index contributed by atoms with van der Waals surface area (Å²) in [5.74, 6) is 1.35. The van der Waals surface area contributed by atoms with E-state index in [1.54, 1.807) is 0 Å². The van der Waals surface area contributed by atoms with Crippen molar-refractivity contribution < 1.29 is 16.8 Å². The van der Waals surface area contributed by atoms with Crippen LogP contribution in [-0.2, 0) is 16.8 Å². The van der Waals surface area contributed by atoms with Gasteiger partial charge in [0.05, 0.1) is 0 Å². The van der Waals surface area contributed by atoms with E-state index in [-0.39, 0.29) is 22.9 Å². The Morgan fingerprint density at radius 2 is 0.846 bits per heavy atom. The Bertz CT molecular complexity index is 257. The molecule has 0 heterocycles. The van der Waals surface area contributed by atoms with Crippen molar-refractivity contribution in [2.75, 3.05) is 13.1 Å². The second-order valence-electron chi connectivity index (χ2n) is 8.57. The zero-order chi connectivity index (χ0) is 20.0. The van der Waals surface area contributed by atoms with Gasteiger partial charge in [0.1, 0.15) is 0 Å². The summed E-state index contributed by atoms with van der Waals surface area (Å²) in [6.45, 7) is 25.5. The maximum absolute atomic E-state index is 4.63. The van der Waals surface area contributed by atoms with Gasteiger partial charge in [-0.3, -0.25) is 0 Å². The average molecular weight is 414 g/mol. The van der Waals surface area contributed by atoms with Crippen molar-refractivity contribution >= 4 is 0 Å². The van der Waals surface area contributed by atoms with Crippen LogP contribution in [0.5, 0.6) is 0 Å². The Morgan fingerprint density at radius 3 is 1.08 bits per heavy atom. The SMILES string of the molecule is CC(C)C[N-]C(C)CC(C)[N-]CC(C)C.CC(C)[N-]C(C)[N-]C(C)C.[Co]. The maximum atomic E-state index is 4.63. The third-order valence-corrected chi connectivity index (χ3v) is 3.27. The predicted molar refractivity (Wildman–Crippen MR) is 116 cm³/mol. The molecule has 0 aliphatic carbocycles. The maximum Gasteiger partial charge on any atom is 0 e. The van der Waals surface area contributed by atoms with Crippen LogP contribution in [0.15, 0.2) is 0 Å². The van der Waals surface area contributed by atoms with Crippen LogP contribution < -0.4 is 0 Å². The molecular weight excluding hydrogens is 367 g/mol. The van der Waals surface area contributed by atoms with Crippen LogP contribution in [0.3, 0.4) is 0 Å². The zero-order valence-electron chi connectivity index (χ0n) is 19.3. The van der Waals surface area contributed by atoms with Gasteiger partial charge in [-0.15, -0.1) is 44.2 Å². The minimum absolute atomic E-state index is 0. The van der Waals surface area contributed by atoms with Crippen molar-refractivity contribution in [3.05, 3.63) is 21.3 Å². The van der Waals surface area contributed by atoms with Gasteiger partial charge in [0.15, 0.2) is 0 Å². The fourth-order valence-corrected chi connectivity index (χ4v) is 2.33. The van der Waals surface area contributed by atoms with Crippen molar-refractivity contribution in [2.45, 2.75) is 113 Å². The Morgan fingerprint density at radius 1 is 0.538 bits per heavy atom. The minimum atomic E-state index is 0. The number of hydrogen-bond donors (Lipinski definition) is 0. The third-order valence-electron chi connectivity index (χ3n) is 3.27. The van der Waals surface area contributed by atoms with Crippen LogP contribution in [0.25, 0.3) is 21.3 Å². The molecule has 0 bridgehead atoms. The molecule has 0 saturated carbocycles. The van der Waals surface area contributed by atoms with Gasteiger partial charge in [-0.1, -0.05) is 87.5 Å². The molecule has 4 nitrogen and oxygen atoms in total. The summed E-state index contributed by atoms with van der Waals surface area (Å²) in [4.78, 5) is 0. The van der Waals surface area contributed by atoms with Crippen LogP contribution >= 0.6 is 0 Å². The van der Waals surface area contributed by atoms with Gasteiger partial charge < -0.3 is 21.3 Å². The first-order chi connectivity index (χ1) is 11.4. The monoisotopic (exact) mass is 413 g/mol. The summed E-state index contributed by atoms with van der Waals surface area (Å²) >= 11 is 0. The van der Waals surface area contributed by atoms with E-state index >= 15 is 0 Å². The molecule has 0 spiro atoms. The largest absolute Gasteiger partial charge is 0.676 e. The van der Waals surface area contributed by atoms with Crippen molar-refractivity contribution in [3.63, 3.8) is 0 Å². The third kappa shape index (κ3) is 26.6. The summed E-state index contributed by atoms with van der Waals surface area (Å²) in [5, 5.41) is 18.0. The standard InChI is InChI=1S/C13H28N2.C8H18N2.Co/c1-10(2)8-14-12(5)7-13(6)15-9-11(3)4;1-6(2)9-8(5)10-7(3)4;/h10-13H,7-9H2,1-6H3;6-8H,1-5H3;/q2*-2;. The van der Waals surface area contributed by atoms with Gasteiger partial charge in [0, 0.05) is 16.8 Å². The number of nitrogens with zero attached hydrogens (tertiary/aromatic N) is 4. The van der Waals surface area contributed by atoms with E-state index in [0.29, 0.717) is 36.0 Å². The van der Waals surface area contributed by atoms with E-state index in [4.69, 9.17) is 0 Å². The van der Waals surface area contributed by atoms with E-state index in [2.05, 4.69) is 90.5 Å². The quantitative estimate of drug-likeness (QED) is 0.327. The zero-order valence-corrected chi connectivity index (χ0v) is 20.3. The number of rotatable bonds is 12. The Kier molecular flexibility index (Phi) is 22.3. The molecule has 0 aromatic heterocycles. The van der Waals surface area contributed by atoms with Crippen molar-refractivity contribution in [2.24, 2.45) is 11.8 Å². The van der Waals surface area contributed by atoms with E-state index in [9.17, 15) is 0 Å². The molecule has 0 aromatic rings. The molecule has 2 unspecified atom stereocenters. The normalized spacial score (nSPS) is 13.8. The van der Waals surface area contributed by atoms with Crippen LogP contribution in [0, 0.1) is 11.8 Å². The first kappa shape index (κ1) is 31.1. The molecule has 0 N–H and O–H groups in total. The molecule has 163 valence electrons. The predicted octanol–water partition coefficient (Wildman–Crippen LogP) is 7.11. The first-order valence-electron chi connectivity index (χ1n) is 10.2. The second-order valence-corrected chi connectivity index (χ2v) is 8.57. The van der Waals surface area contributed by atoms with Gasteiger partial charge in [0.25, 0.3) is 0 Å². The number of hydrogen-bond acceptors (Lipinski definition) is 0. The van der Waals surface area contributed by atoms with Gasteiger partial charge in [-0.2, -0.15) is 0 Å². The average Bonchev–Trinajstić information content (AvgIpc) is 2.41. The summed E-state index contributed by atoms with van der Waals surface area (Å²) in [6, 6.07) is 1.71. The topological polar surface area (TPSA) is 56.4 Å². The molecule has 0 amide bonds. The fourth-order valence-electron chi connectivity index (χ4n) is 2.33. The summed E-state index contributed by atoms with van der Waals surface area (Å²) in [6.07, 6.45) is 1.26. The van der Waals surface area contributed by atoms with Gasteiger partial charge in [0.2, 0.25) is 0 Å². The Labute approximate surface area is 176 Å².